The molecule has 5 heteroatoms. The van der Waals surface area contributed by atoms with Crippen LogP contribution in [0.3, 0.4) is 0 Å². The number of esters is 1. The summed E-state index contributed by atoms with van der Waals surface area (Å²) in [4.78, 5) is 11.1. The zero-order valence-electron chi connectivity index (χ0n) is 10.9. The lowest BCUT2D eigenvalue weighted by molar-refractivity contribution is -0.144. The van der Waals surface area contributed by atoms with Crippen molar-refractivity contribution < 1.29 is 14.3 Å². The summed E-state index contributed by atoms with van der Waals surface area (Å²) in [5.41, 5.74) is 1.22. The fourth-order valence-electron chi connectivity index (χ4n) is 2.10. The average molecular weight is 284 g/mol. The Labute approximate surface area is 118 Å². The van der Waals surface area contributed by atoms with Gasteiger partial charge in [-0.05, 0) is 24.1 Å². The SMILES string of the molecule is COC(=O)C[C@H]1CN[C@@H](Cc2ccc(Cl)cc2)CO1. The molecule has 0 amide bonds. The van der Waals surface area contributed by atoms with Crippen LogP contribution < -0.4 is 5.32 Å². The first-order valence-electron chi connectivity index (χ1n) is 6.33. The van der Waals surface area contributed by atoms with Crippen molar-refractivity contribution in [2.75, 3.05) is 20.3 Å². The number of benzene rings is 1. The molecular formula is C14H18ClNO3. The molecule has 0 bridgehead atoms. The Morgan fingerprint density at radius 3 is 2.79 bits per heavy atom. The van der Waals surface area contributed by atoms with Crippen molar-refractivity contribution in [3.63, 3.8) is 0 Å². The van der Waals surface area contributed by atoms with Gasteiger partial charge in [0.25, 0.3) is 0 Å². The quantitative estimate of drug-likeness (QED) is 0.856. The lowest BCUT2D eigenvalue weighted by atomic mass is 10.0. The Morgan fingerprint density at radius 2 is 2.21 bits per heavy atom. The molecule has 104 valence electrons. The molecule has 0 radical (unpaired) electrons. The molecule has 1 saturated heterocycles. The predicted octanol–water partition coefficient (Wildman–Crippen LogP) is 1.80. The van der Waals surface area contributed by atoms with E-state index in [1.807, 2.05) is 24.3 Å². The van der Waals surface area contributed by atoms with E-state index in [2.05, 4.69) is 10.1 Å². The molecule has 2 rings (SSSR count). The third-order valence-corrected chi connectivity index (χ3v) is 3.44. The molecule has 1 fully saturated rings. The first-order valence-corrected chi connectivity index (χ1v) is 6.71. The maximum Gasteiger partial charge on any atom is 0.308 e. The van der Waals surface area contributed by atoms with E-state index < -0.39 is 0 Å². The van der Waals surface area contributed by atoms with Crippen molar-refractivity contribution in [1.29, 1.82) is 0 Å². The number of morpholine rings is 1. The summed E-state index contributed by atoms with van der Waals surface area (Å²) in [7, 11) is 1.39. The maximum absolute atomic E-state index is 11.1. The van der Waals surface area contributed by atoms with Crippen molar-refractivity contribution in [2.45, 2.75) is 25.0 Å². The van der Waals surface area contributed by atoms with Crippen molar-refractivity contribution in [3.05, 3.63) is 34.9 Å². The second-order valence-electron chi connectivity index (χ2n) is 4.67. The van der Waals surface area contributed by atoms with Crippen molar-refractivity contribution in [3.8, 4) is 0 Å². The first kappa shape index (κ1) is 14.3. The molecule has 0 unspecified atom stereocenters. The number of nitrogens with one attached hydrogen (secondary N) is 1. The van der Waals surface area contributed by atoms with Crippen LogP contribution in [0.15, 0.2) is 24.3 Å². The number of carbonyl (C=O) groups is 1. The van der Waals surface area contributed by atoms with E-state index in [0.29, 0.717) is 19.6 Å². The molecule has 1 aromatic carbocycles. The molecule has 1 aliphatic rings. The summed E-state index contributed by atoms with van der Waals surface area (Å²) in [6.07, 6.45) is 1.10. The van der Waals surface area contributed by atoms with Crippen molar-refractivity contribution in [2.24, 2.45) is 0 Å². The molecule has 19 heavy (non-hydrogen) atoms. The van der Waals surface area contributed by atoms with E-state index in [-0.39, 0.29) is 18.1 Å². The molecule has 1 aromatic rings. The average Bonchev–Trinajstić information content (AvgIpc) is 2.43. The summed E-state index contributed by atoms with van der Waals surface area (Å²) in [5, 5.41) is 4.14. The summed E-state index contributed by atoms with van der Waals surface area (Å²) in [6, 6.07) is 8.09. The highest BCUT2D eigenvalue weighted by molar-refractivity contribution is 6.30. The number of methoxy groups -OCH3 is 1. The maximum atomic E-state index is 11.1. The van der Waals surface area contributed by atoms with Crippen LogP contribution in [-0.4, -0.2) is 38.4 Å². The molecule has 2 atom stereocenters. The monoisotopic (exact) mass is 283 g/mol. The van der Waals surface area contributed by atoms with Gasteiger partial charge in [0.2, 0.25) is 0 Å². The van der Waals surface area contributed by atoms with E-state index in [1.54, 1.807) is 0 Å². The van der Waals surface area contributed by atoms with Crippen molar-refractivity contribution >= 4 is 17.6 Å². The predicted molar refractivity (Wildman–Crippen MR) is 73.3 cm³/mol. The van der Waals surface area contributed by atoms with Crippen LogP contribution in [-0.2, 0) is 20.7 Å². The van der Waals surface area contributed by atoms with Crippen LogP contribution in [0.5, 0.6) is 0 Å². The third kappa shape index (κ3) is 4.49. The van der Waals surface area contributed by atoms with Gasteiger partial charge in [0.15, 0.2) is 0 Å². The molecular weight excluding hydrogens is 266 g/mol. The zero-order chi connectivity index (χ0) is 13.7. The van der Waals surface area contributed by atoms with Crippen LogP contribution in [0.25, 0.3) is 0 Å². The van der Waals surface area contributed by atoms with Gasteiger partial charge in [0.1, 0.15) is 0 Å². The molecule has 1 N–H and O–H groups in total. The van der Waals surface area contributed by atoms with E-state index >= 15 is 0 Å². The number of ether oxygens (including phenoxy) is 2. The third-order valence-electron chi connectivity index (χ3n) is 3.18. The van der Waals surface area contributed by atoms with E-state index in [0.717, 1.165) is 11.4 Å². The Hall–Kier alpha value is -1.10. The summed E-state index contributed by atoms with van der Waals surface area (Å²) in [5.74, 6) is -0.233. The van der Waals surface area contributed by atoms with Gasteiger partial charge in [0, 0.05) is 17.6 Å². The smallest absolute Gasteiger partial charge is 0.308 e. The summed E-state index contributed by atoms with van der Waals surface area (Å²) < 4.78 is 10.3. The van der Waals surface area contributed by atoms with Gasteiger partial charge in [-0.25, -0.2) is 0 Å². The topological polar surface area (TPSA) is 47.6 Å². The second-order valence-corrected chi connectivity index (χ2v) is 5.11. The number of hydrogen-bond donors (Lipinski definition) is 1. The molecule has 1 heterocycles. The van der Waals surface area contributed by atoms with Gasteiger partial charge in [-0.2, -0.15) is 0 Å². The van der Waals surface area contributed by atoms with Crippen LogP contribution >= 0.6 is 11.6 Å². The normalized spacial score (nSPS) is 23.1. The number of carbonyl (C=O) groups excluding carboxylic acids is 1. The fraction of sp³-hybridized carbons (Fsp3) is 0.500. The van der Waals surface area contributed by atoms with Crippen molar-refractivity contribution in [1.82, 2.24) is 5.32 Å². The minimum atomic E-state index is -0.233. The fourth-order valence-corrected chi connectivity index (χ4v) is 2.23. The minimum absolute atomic E-state index is 0.0890. The molecule has 4 nitrogen and oxygen atoms in total. The molecule has 1 aliphatic heterocycles. The summed E-state index contributed by atoms with van der Waals surface area (Å²) in [6.45, 7) is 1.28. The lowest BCUT2D eigenvalue weighted by Crippen LogP contribution is -2.48. The van der Waals surface area contributed by atoms with E-state index in [4.69, 9.17) is 16.3 Å². The highest BCUT2D eigenvalue weighted by Crippen LogP contribution is 2.13. The largest absolute Gasteiger partial charge is 0.469 e. The van der Waals surface area contributed by atoms with Gasteiger partial charge in [-0.15, -0.1) is 0 Å². The van der Waals surface area contributed by atoms with Gasteiger partial charge in [0.05, 0.1) is 26.2 Å². The highest BCUT2D eigenvalue weighted by atomic mass is 35.5. The number of rotatable bonds is 4. The number of hydrogen-bond acceptors (Lipinski definition) is 4. The van der Waals surface area contributed by atoms with Gasteiger partial charge < -0.3 is 14.8 Å². The Balaban J connectivity index is 1.77. The van der Waals surface area contributed by atoms with Crippen LogP contribution in [0.2, 0.25) is 5.02 Å². The van der Waals surface area contributed by atoms with Gasteiger partial charge >= 0.3 is 5.97 Å². The van der Waals surface area contributed by atoms with Crippen LogP contribution in [0, 0.1) is 0 Å². The first-order chi connectivity index (χ1) is 9.17. The number of halogens is 1. The van der Waals surface area contributed by atoms with E-state index in [1.165, 1.54) is 12.7 Å². The van der Waals surface area contributed by atoms with E-state index in [9.17, 15) is 4.79 Å². The van der Waals surface area contributed by atoms with Gasteiger partial charge in [-0.1, -0.05) is 23.7 Å². The Morgan fingerprint density at radius 1 is 1.47 bits per heavy atom. The summed E-state index contributed by atoms with van der Waals surface area (Å²) >= 11 is 5.85. The zero-order valence-corrected chi connectivity index (χ0v) is 11.7. The molecule has 0 aromatic heterocycles. The standard InChI is InChI=1S/C14H18ClNO3/c1-18-14(17)7-13-8-16-12(9-19-13)6-10-2-4-11(15)5-3-10/h2-5,12-13,16H,6-9H2,1H3/t12-,13-/m0/s1. The molecule has 0 aliphatic carbocycles. The lowest BCUT2D eigenvalue weighted by Gasteiger charge is -2.30. The Bertz CT molecular complexity index is 413. The molecule has 0 saturated carbocycles. The minimum Gasteiger partial charge on any atom is -0.469 e. The second kappa shape index (κ2) is 6.89. The Kier molecular flexibility index (Phi) is 5.19. The molecule has 0 spiro atoms. The van der Waals surface area contributed by atoms with Crippen LogP contribution in [0.4, 0.5) is 0 Å². The highest BCUT2D eigenvalue weighted by Gasteiger charge is 2.23. The van der Waals surface area contributed by atoms with Crippen LogP contribution in [0.1, 0.15) is 12.0 Å². The van der Waals surface area contributed by atoms with Gasteiger partial charge in [-0.3, -0.25) is 4.79 Å².